The summed E-state index contributed by atoms with van der Waals surface area (Å²) in [6, 6.07) is 10.2. The molecular weight excluding hydrogens is 242 g/mol. The molecule has 3 nitrogen and oxygen atoms in total. The monoisotopic (exact) mass is 255 g/mol. The minimum absolute atomic E-state index is 0.833. The summed E-state index contributed by atoms with van der Waals surface area (Å²) in [6.07, 6.45) is 1.78. The van der Waals surface area contributed by atoms with Crippen LogP contribution in [0.15, 0.2) is 41.9 Å². The summed E-state index contributed by atoms with van der Waals surface area (Å²) in [5.41, 5.74) is 3.29. The number of rotatable bonds is 3. The van der Waals surface area contributed by atoms with Crippen molar-refractivity contribution in [1.29, 1.82) is 0 Å². The smallest absolute Gasteiger partial charge is 0.0950 e. The lowest BCUT2D eigenvalue weighted by Gasteiger charge is -2.08. The number of aromatic nitrogens is 2. The zero-order valence-corrected chi connectivity index (χ0v) is 10.9. The summed E-state index contributed by atoms with van der Waals surface area (Å²) in [6.45, 7) is 2.97. The molecule has 0 radical (unpaired) electrons. The molecule has 4 heteroatoms. The number of thiophene rings is 1. The van der Waals surface area contributed by atoms with Crippen LogP contribution in [0.5, 0.6) is 0 Å². The number of nitrogens with one attached hydrogen (secondary N) is 1. The van der Waals surface area contributed by atoms with Crippen LogP contribution in [-0.4, -0.2) is 10.2 Å². The zero-order valence-electron chi connectivity index (χ0n) is 10.1. The highest BCUT2D eigenvalue weighted by Crippen LogP contribution is 2.22. The summed E-state index contributed by atoms with van der Waals surface area (Å²) >= 11 is 1.78. The molecule has 0 atom stereocenters. The Morgan fingerprint density at radius 3 is 2.94 bits per heavy atom. The van der Waals surface area contributed by atoms with E-state index in [0.717, 1.165) is 23.1 Å². The highest BCUT2D eigenvalue weighted by Gasteiger charge is 2.03. The van der Waals surface area contributed by atoms with Gasteiger partial charge in [-0.2, -0.15) is 10.2 Å². The van der Waals surface area contributed by atoms with E-state index in [0.29, 0.717) is 0 Å². The van der Waals surface area contributed by atoms with E-state index < -0.39 is 0 Å². The van der Waals surface area contributed by atoms with Crippen molar-refractivity contribution in [2.24, 2.45) is 0 Å². The molecule has 2 aromatic heterocycles. The van der Waals surface area contributed by atoms with Crippen molar-refractivity contribution in [3.05, 3.63) is 52.3 Å². The maximum Gasteiger partial charge on any atom is 0.0950 e. The van der Waals surface area contributed by atoms with Gasteiger partial charge in [0.15, 0.2) is 0 Å². The van der Waals surface area contributed by atoms with Gasteiger partial charge in [-0.05, 0) is 30.0 Å². The Hall–Kier alpha value is -1.94. The summed E-state index contributed by atoms with van der Waals surface area (Å²) in [4.78, 5) is 1.36. The van der Waals surface area contributed by atoms with Gasteiger partial charge in [0.1, 0.15) is 0 Å². The van der Waals surface area contributed by atoms with Crippen LogP contribution in [0.2, 0.25) is 0 Å². The van der Waals surface area contributed by atoms with E-state index in [1.807, 2.05) is 18.2 Å². The van der Waals surface area contributed by atoms with E-state index in [9.17, 15) is 0 Å². The second-order valence-electron chi connectivity index (χ2n) is 4.16. The normalized spacial score (nSPS) is 10.7. The third-order valence-corrected chi connectivity index (χ3v) is 3.98. The number of fused-ring (bicyclic) bond motifs is 1. The van der Waals surface area contributed by atoms with Crippen LogP contribution in [0.25, 0.3) is 10.9 Å². The van der Waals surface area contributed by atoms with Gasteiger partial charge in [-0.1, -0.05) is 18.2 Å². The molecule has 0 bridgehead atoms. The van der Waals surface area contributed by atoms with Crippen molar-refractivity contribution in [3.63, 3.8) is 0 Å². The van der Waals surface area contributed by atoms with E-state index in [2.05, 4.69) is 40.0 Å². The van der Waals surface area contributed by atoms with Gasteiger partial charge >= 0.3 is 0 Å². The van der Waals surface area contributed by atoms with Crippen molar-refractivity contribution in [2.75, 3.05) is 5.32 Å². The van der Waals surface area contributed by atoms with E-state index in [-0.39, 0.29) is 0 Å². The molecule has 2 heterocycles. The van der Waals surface area contributed by atoms with Crippen LogP contribution >= 0.6 is 11.3 Å². The molecule has 1 N–H and O–H groups in total. The number of nitrogens with zero attached hydrogens (tertiary/aromatic N) is 2. The molecule has 0 aliphatic rings. The fourth-order valence-electron chi connectivity index (χ4n) is 1.91. The Kier molecular flexibility index (Phi) is 2.94. The van der Waals surface area contributed by atoms with E-state index >= 15 is 0 Å². The molecule has 0 saturated carbocycles. The molecule has 3 rings (SSSR count). The first-order valence-corrected chi connectivity index (χ1v) is 6.70. The Balaban J connectivity index is 1.89. The highest BCUT2D eigenvalue weighted by molar-refractivity contribution is 7.10. The summed E-state index contributed by atoms with van der Waals surface area (Å²) in [5.74, 6) is 0. The SMILES string of the molecule is Cc1ccsc1CNc1cnnc2ccccc12. The van der Waals surface area contributed by atoms with Crippen molar-refractivity contribution in [3.8, 4) is 0 Å². The van der Waals surface area contributed by atoms with Crippen molar-refractivity contribution in [2.45, 2.75) is 13.5 Å². The maximum absolute atomic E-state index is 4.12. The fourth-order valence-corrected chi connectivity index (χ4v) is 2.75. The summed E-state index contributed by atoms with van der Waals surface area (Å²) in [7, 11) is 0. The minimum Gasteiger partial charge on any atom is -0.378 e. The number of hydrogen-bond donors (Lipinski definition) is 1. The first-order chi connectivity index (χ1) is 8.84. The molecule has 0 aliphatic carbocycles. The van der Waals surface area contributed by atoms with Gasteiger partial charge in [0.2, 0.25) is 0 Å². The Bertz CT molecular complexity index is 670. The Labute approximate surface area is 109 Å². The second-order valence-corrected chi connectivity index (χ2v) is 5.16. The lowest BCUT2D eigenvalue weighted by Crippen LogP contribution is -2.00. The van der Waals surface area contributed by atoms with Gasteiger partial charge in [0.25, 0.3) is 0 Å². The van der Waals surface area contributed by atoms with Crippen molar-refractivity contribution in [1.82, 2.24) is 10.2 Å². The standard InChI is InChI=1S/C14H13N3S/c1-10-6-7-18-14(10)9-15-13-8-16-17-12-5-3-2-4-11(12)13/h2-8H,9H2,1H3,(H,15,17). The van der Waals surface area contributed by atoms with Gasteiger partial charge in [-0.3, -0.25) is 0 Å². The average Bonchev–Trinajstić information content (AvgIpc) is 2.82. The molecule has 18 heavy (non-hydrogen) atoms. The van der Waals surface area contributed by atoms with Crippen LogP contribution in [-0.2, 0) is 6.54 Å². The lowest BCUT2D eigenvalue weighted by molar-refractivity contribution is 1.06. The van der Waals surface area contributed by atoms with Crippen LogP contribution < -0.4 is 5.32 Å². The van der Waals surface area contributed by atoms with Gasteiger partial charge in [-0.25, -0.2) is 0 Å². The highest BCUT2D eigenvalue weighted by atomic mass is 32.1. The minimum atomic E-state index is 0.833. The van der Waals surface area contributed by atoms with Crippen LogP contribution in [0, 0.1) is 6.92 Å². The number of hydrogen-bond acceptors (Lipinski definition) is 4. The zero-order chi connectivity index (χ0) is 12.4. The van der Waals surface area contributed by atoms with Gasteiger partial charge < -0.3 is 5.32 Å². The lowest BCUT2D eigenvalue weighted by atomic mass is 10.2. The maximum atomic E-state index is 4.12. The third-order valence-electron chi connectivity index (χ3n) is 2.95. The fraction of sp³-hybridized carbons (Fsp3) is 0.143. The molecular formula is C14H13N3S. The van der Waals surface area contributed by atoms with Crippen molar-refractivity contribution < 1.29 is 0 Å². The van der Waals surface area contributed by atoms with Gasteiger partial charge in [-0.15, -0.1) is 11.3 Å². The Morgan fingerprint density at radius 1 is 1.22 bits per heavy atom. The second kappa shape index (κ2) is 4.74. The van der Waals surface area contributed by atoms with Gasteiger partial charge in [0.05, 0.1) is 17.4 Å². The molecule has 0 saturated heterocycles. The Morgan fingerprint density at radius 2 is 2.11 bits per heavy atom. The molecule has 0 aliphatic heterocycles. The summed E-state index contributed by atoms with van der Waals surface area (Å²) < 4.78 is 0. The molecule has 90 valence electrons. The predicted molar refractivity (Wildman–Crippen MR) is 75.9 cm³/mol. The van der Waals surface area contributed by atoms with Crippen LogP contribution in [0.4, 0.5) is 5.69 Å². The molecule has 0 fully saturated rings. The largest absolute Gasteiger partial charge is 0.378 e. The molecule has 0 amide bonds. The number of benzene rings is 1. The number of anilines is 1. The predicted octanol–water partition coefficient (Wildman–Crippen LogP) is 3.61. The first-order valence-electron chi connectivity index (χ1n) is 5.82. The summed E-state index contributed by atoms with van der Waals surface area (Å²) in [5, 5.41) is 14.8. The van der Waals surface area contributed by atoms with E-state index in [1.54, 1.807) is 17.5 Å². The van der Waals surface area contributed by atoms with Gasteiger partial charge in [0, 0.05) is 16.8 Å². The molecule has 3 aromatic rings. The van der Waals surface area contributed by atoms with Crippen molar-refractivity contribution >= 4 is 27.9 Å². The van der Waals surface area contributed by atoms with E-state index in [4.69, 9.17) is 0 Å². The quantitative estimate of drug-likeness (QED) is 0.777. The number of aryl methyl sites for hydroxylation is 1. The average molecular weight is 255 g/mol. The molecule has 0 unspecified atom stereocenters. The molecule has 1 aromatic carbocycles. The van der Waals surface area contributed by atoms with E-state index in [1.165, 1.54) is 10.4 Å². The molecule has 0 spiro atoms. The third kappa shape index (κ3) is 2.07. The van der Waals surface area contributed by atoms with Crippen LogP contribution in [0.3, 0.4) is 0 Å². The first kappa shape index (κ1) is 11.2. The van der Waals surface area contributed by atoms with Crippen LogP contribution in [0.1, 0.15) is 10.4 Å². The topological polar surface area (TPSA) is 37.8 Å².